The lowest BCUT2D eigenvalue weighted by atomic mass is 9.89. The lowest BCUT2D eigenvalue weighted by molar-refractivity contribution is -0.125. The van der Waals surface area contributed by atoms with E-state index in [0.29, 0.717) is 5.71 Å². The molecule has 0 unspecified atom stereocenters. The van der Waals surface area contributed by atoms with Crippen LogP contribution in [0.4, 0.5) is 0 Å². The van der Waals surface area contributed by atoms with Crippen LogP contribution in [0, 0.1) is 5.92 Å². The summed E-state index contributed by atoms with van der Waals surface area (Å²) >= 11 is 0. The molecule has 1 fully saturated rings. The van der Waals surface area contributed by atoms with E-state index in [1.165, 1.54) is 6.42 Å². The molecule has 118 valence electrons. The summed E-state index contributed by atoms with van der Waals surface area (Å²) in [6.07, 6.45) is 7.16. The number of benzene rings is 1. The van der Waals surface area contributed by atoms with E-state index in [2.05, 4.69) is 15.5 Å². The Morgan fingerprint density at radius 3 is 2.43 bits per heavy atom. The molecule has 1 N–H and O–H groups in total. The summed E-state index contributed by atoms with van der Waals surface area (Å²) in [5.74, 6) is 0.113. The molecule has 0 aliphatic heterocycles. The molecule has 0 saturated heterocycles. The molecule has 1 amide bonds. The van der Waals surface area contributed by atoms with Crippen LogP contribution in [0.2, 0.25) is 0 Å². The van der Waals surface area contributed by atoms with Gasteiger partial charge in [-0.2, -0.15) is 5.10 Å². The molecule has 23 heavy (non-hydrogen) atoms. The predicted octanol–water partition coefficient (Wildman–Crippen LogP) is 3.53. The van der Waals surface area contributed by atoms with E-state index in [1.807, 2.05) is 48.5 Å². The quantitative estimate of drug-likeness (QED) is 0.694. The molecule has 1 saturated carbocycles. The maximum Gasteiger partial charge on any atom is 0.243 e. The first-order valence-corrected chi connectivity index (χ1v) is 8.19. The number of hydrogen-bond donors (Lipinski definition) is 1. The minimum Gasteiger partial charge on any atom is -0.273 e. The third kappa shape index (κ3) is 4.03. The molecular formula is C19H21N3O. The first-order valence-electron chi connectivity index (χ1n) is 8.19. The topological polar surface area (TPSA) is 54.4 Å². The summed E-state index contributed by atoms with van der Waals surface area (Å²) < 4.78 is 0. The fourth-order valence-corrected chi connectivity index (χ4v) is 2.94. The van der Waals surface area contributed by atoms with Crippen molar-refractivity contribution >= 4 is 11.6 Å². The summed E-state index contributed by atoms with van der Waals surface area (Å²) in [6, 6.07) is 15.5. The number of carbonyl (C=O) groups excluding carboxylic acids is 1. The van der Waals surface area contributed by atoms with Gasteiger partial charge in [0.05, 0.1) is 5.69 Å². The fourth-order valence-electron chi connectivity index (χ4n) is 2.94. The molecule has 2 aromatic rings. The summed E-state index contributed by atoms with van der Waals surface area (Å²) in [5, 5.41) is 4.39. The highest BCUT2D eigenvalue weighted by atomic mass is 16.2. The number of hydrazone groups is 1. The zero-order valence-electron chi connectivity index (χ0n) is 13.1. The molecule has 0 spiro atoms. The Morgan fingerprint density at radius 2 is 1.74 bits per heavy atom. The first kappa shape index (κ1) is 15.4. The maximum absolute atomic E-state index is 12.3. The van der Waals surface area contributed by atoms with Crippen LogP contribution >= 0.6 is 0 Å². The van der Waals surface area contributed by atoms with Crippen molar-refractivity contribution in [3.8, 4) is 0 Å². The van der Waals surface area contributed by atoms with E-state index in [1.54, 1.807) is 6.20 Å². The van der Waals surface area contributed by atoms with Crippen molar-refractivity contribution < 1.29 is 4.79 Å². The smallest absolute Gasteiger partial charge is 0.243 e. The maximum atomic E-state index is 12.3. The number of hydrogen-bond acceptors (Lipinski definition) is 3. The minimum absolute atomic E-state index is 0.0223. The Morgan fingerprint density at radius 1 is 1.00 bits per heavy atom. The number of aromatic nitrogens is 1. The Bertz CT molecular complexity index is 620. The Labute approximate surface area is 136 Å². The van der Waals surface area contributed by atoms with Gasteiger partial charge in [0.1, 0.15) is 5.71 Å². The van der Waals surface area contributed by atoms with Crippen molar-refractivity contribution in [3.05, 3.63) is 66.0 Å². The van der Waals surface area contributed by atoms with E-state index in [9.17, 15) is 4.79 Å². The van der Waals surface area contributed by atoms with Crippen LogP contribution in [0.15, 0.2) is 59.8 Å². The van der Waals surface area contributed by atoms with Crippen molar-refractivity contribution in [1.82, 2.24) is 10.4 Å². The molecule has 1 aliphatic carbocycles. The molecule has 1 heterocycles. The molecule has 4 nitrogen and oxygen atoms in total. The Kier molecular flexibility index (Phi) is 5.14. The summed E-state index contributed by atoms with van der Waals surface area (Å²) in [6.45, 7) is 0. The number of nitrogens with one attached hydrogen (secondary N) is 1. The number of amides is 1. The second kappa shape index (κ2) is 7.68. The molecule has 1 aromatic heterocycles. The van der Waals surface area contributed by atoms with E-state index >= 15 is 0 Å². The number of carbonyl (C=O) groups is 1. The van der Waals surface area contributed by atoms with Crippen molar-refractivity contribution in [2.75, 3.05) is 0 Å². The van der Waals surface area contributed by atoms with E-state index in [0.717, 1.165) is 36.9 Å². The van der Waals surface area contributed by atoms with Crippen LogP contribution in [0.3, 0.4) is 0 Å². The second-order valence-electron chi connectivity index (χ2n) is 5.85. The van der Waals surface area contributed by atoms with Gasteiger partial charge in [-0.3, -0.25) is 9.78 Å². The van der Waals surface area contributed by atoms with Gasteiger partial charge < -0.3 is 0 Å². The van der Waals surface area contributed by atoms with Crippen LogP contribution in [0.25, 0.3) is 0 Å². The van der Waals surface area contributed by atoms with Gasteiger partial charge >= 0.3 is 0 Å². The second-order valence-corrected chi connectivity index (χ2v) is 5.85. The molecule has 0 bridgehead atoms. The van der Waals surface area contributed by atoms with E-state index in [-0.39, 0.29) is 11.8 Å². The molecule has 0 atom stereocenters. The number of nitrogens with zero attached hydrogens (tertiary/aromatic N) is 2. The highest BCUT2D eigenvalue weighted by Crippen LogP contribution is 2.23. The van der Waals surface area contributed by atoms with E-state index in [4.69, 9.17) is 0 Å². The van der Waals surface area contributed by atoms with Gasteiger partial charge in [0, 0.05) is 17.7 Å². The number of pyridine rings is 1. The zero-order valence-corrected chi connectivity index (χ0v) is 13.1. The van der Waals surface area contributed by atoms with Gasteiger partial charge in [-0.05, 0) is 25.0 Å². The molecule has 0 radical (unpaired) electrons. The van der Waals surface area contributed by atoms with Crippen molar-refractivity contribution in [2.24, 2.45) is 11.0 Å². The van der Waals surface area contributed by atoms with Gasteiger partial charge in [-0.1, -0.05) is 55.7 Å². The van der Waals surface area contributed by atoms with Crippen LogP contribution < -0.4 is 5.43 Å². The molecule has 1 aromatic carbocycles. The lowest BCUT2D eigenvalue weighted by Crippen LogP contribution is -2.29. The average Bonchev–Trinajstić information content (AvgIpc) is 2.64. The zero-order chi connectivity index (χ0) is 15.9. The van der Waals surface area contributed by atoms with Crippen molar-refractivity contribution in [2.45, 2.75) is 32.1 Å². The summed E-state index contributed by atoms with van der Waals surface area (Å²) in [5.41, 5.74) is 5.14. The van der Waals surface area contributed by atoms with E-state index < -0.39 is 0 Å². The largest absolute Gasteiger partial charge is 0.273 e. The SMILES string of the molecule is O=C(N/N=C(\c1ccccc1)c1ccccn1)C1CCCCC1. The van der Waals surface area contributed by atoms with Gasteiger partial charge in [-0.25, -0.2) is 5.43 Å². The fraction of sp³-hybridized carbons (Fsp3) is 0.316. The van der Waals surface area contributed by atoms with Gasteiger partial charge in [-0.15, -0.1) is 0 Å². The van der Waals surface area contributed by atoms with Crippen molar-refractivity contribution in [3.63, 3.8) is 0 Å². The standard InChI is InChI=1S/C19H21N3O/c23-19(16-11-5-2-6-12-16)22-21-18(15-9-3-1-4-10-15)17-13-7-8-14-20-17/h1,3-4,7-10,13-14,16H,2,5-6,11-12H2,(H,22,23)/b21-18+. The Balaban J connectivity index is 1.82. The highest BCUT2D eigenvalue weighted by Gasteiger charge is 2.21. The van der Waals surface area contributed by atoms with Crippen LogP contribution in [0.5, 0.6) is 0 Å². The average molecular weight is 307 g/mol. The monoisotopic (exact) mass is 307 g/mol. The molecular weight excluding hydrogens is 286 g/mol. The highest BCUT2D eigenvalue weighted by molar-refractivity contribution is 6.11. The lowest BCUT2D eigenvalue weighted by Gasteiger charge is -2.19. The van der Waals surface area contributed by atoms with Gasteiger partial charge in [0.15, 0.2) is 0 Å². The Hall–Kier alpha value is -2.49. The summed E-state index contributed by atoms with van der Waals surface area (Å²) in [4.78, 5) is 16.7. The van der Waals surface area contributed by atoms with Crippen LogP contribution in [-0.2, 0) is 4.79 Å². The third-order valence-corrected chi connectivity index (χ3v) is 4.21. The van der Waals surface area contributed by atoms with Gasteiger partial charge in [0.25, 0.3) is 0 Å². The third-order valence-electron chi connectivity index (χ3n) is 4.21. The predicted molar refractivity (Wildman–Crippen MR) is 91.0 cm³/mol. The normalized spacial score (nSPS) is 16.1. The molecule has 3 rings (SSSR count). The van der Waals surface area contributed by atoms with Crippen LogP contribution in [0.1, 0.15) is 43.4 Å². The minimum atomic E-state index is 0.0223. The van der Waals surface area contributed by atoms with Crippen molar-refractivity contribution in [1.29, 1.82) is 0 Å². The van der Waals surface area contributed by atoms with Crippen LogP contribution in [-0.4, -0.2) is 16.6 Å². The first-order chi connectivity index (χ1) is 11.3. The van der Waals surface area contributed by atoms with Gasteiger partial charge in [0.2, 0.25) is 5.91 Å². The molecule has 1 aliphatic rings. The summed E-state index contributed by atoms with van der Waals surface area (Å²) in [7, 11) is 0. The molecule has 4 heteroatoms. The number of rotatable bonds is 4.